The predicted octanol–water partition coefficient (Wildman–Crippen LogP) is 2.54. The van der Waals surface area contributed by atoms with E-state index < -0.39 is 0 Å². The van der Waals surface area contributed by atoms with E-state index in [1.165, 1.54) is 5.69 Å². The molecular formula is C23H30N4O2. The Morgan fingerprint density at radius 3 is 2.10 bits per heavy atom. The van der Waals surface area contributed by atoms with Crippen molar-refractivity contribution in [1.82, 2.24) is 15.8 Å². The number of anilines is 1. The van der Waals surface area contributed by atoms with Crippen molar-refractivity contribution in [2.75, 3.05) is 37.6 Å². The van der Waals surface area contributed by atoms with Crippen LogP contribution >= 0.6 is 0 Å². The first kappa shape index (κ1) is 20.9. The minimum absolute atomic E-state index is 0.106. The highest BCUT2D eigenvalue weighted by Crippen LogP contribution is 2.18. The van der Waals surface area contributed by atoms with E-state index in [0.29, 0.717) is 19.4 Å². The maximum atomic E-state index is 12.1. The van der Waals surface area contributed by atoms with Crippen LogP contribution in [0.4, 0.5) is 5.69 Å². The van der Waals surface area contributed by atoms with Crippen molar-refractivity contribution in [1.29, 1.82) is 0 Å². The van der Waals surface area contributed by atoms with Gasteiger partial charge in [0.25, 0.3) is 0 Å². The standard InChI is InChI=1S/C23H30N4O2/c1-19(20-8-4-2-5-9-20)18-23(29)25-24-22(28)12-13-26-14-16-27(17-15-26)21-10-6-3-7-11-21/h2-11,19H,12-18H2,1H3,(H,24,28)(H,25,29)/t19-/m1/s1. The van der Waals surface area contributed by atoms with Gasteiger partial charge >= 0.3 is 0 Å². The molecule has 0 unspecified atom stereocenters. The Balaban J connectivity index is 1.31. The van der Waals surface area contributed by atoms with Crippen molar-refractivity contribution < 1.29 is 9.59 Å². The summed E-state index contributed by atoms with van der Waals surface area (Å²) in [6.07, 6.45) is 0.714. The minimum Gasteiger partial charge on any atom is -0.369 e. The van der Waals surface area contributed by atoms with Crippen LogP contribution in [0.15, 0.2) is 60.7 Å². The average Bonchev–Trinajstić information content (AvgIpc) is 2.78. The zero-order valence-corrected chi connectivity index (χ0v) is 17.0. The van der Waals surface area contributed by atoms with Crippen molar-refractivity contribution in [2.24, 2.45) is 0 Å². The number of amides is 2. The SMILES string of the molecule is C[C@H](CC(=O)NNC(=O)CCN1CCN(c2ccccc2)CC1)c1ccccc1. The molecule has 1 heterocycles. The van der Waals surface area contributed by atoms with Crippen LogP contribution in [-0.2, 0) is 9.59 Å². The van der Waals surface area contributed by atoms with E-state index in [1.807, 2.05) is 43.3 Å². The number of rotatable bonds is 7. The lowest BCUT2D eigenvalue weighted by Crippen LogP contribution is -2.48. The lowest BCUT2D eigenvalue weighted by Gasteiger charge is -2.36. The molecular weight excluding hydrogens is 364 g/mol. The second-order valence-electron chi connectivity index (χ2n) is 7.53. The summed E-state index contributed by atoms with van der Waals surface area (Å²) in [6, 6.07) is 20.3. The van der Waals surface area contributed by atoms with Crippen LogP contribution in [-0.4, -0.2) is 49.4 Å². The van der Waals surface area contributed by atoms with Gasteiger partial charge < -0.3 is 4.90 Å². The second-order valence-corrected chi connectivity index (χ2v) is 7.53. The smallest absolute Gasteiger partial charge is 0.239 e. The third kappa shape index (κ3) is 6.61. The number of carbonyl (C=O) groups excluding carboxylic acids is 2. The Labute approximate surface area is 172 Å². The Kier molecular flexibility index (Phi) is 7.64. The third-order valence-electron chi connectivity index (χ3n) is 5.35. The van der Waals surface area contributed by atoms with Gasteiger partial charge in [0, 0.05) is 51.3 Å². The Hall–Kier alpha value is -2.86. The van der Waals surface area contributed by atoms with Crippen LogP contribution in [0, 0.1) is 0 Å². The molecule has 6 nitrogen and oxygen atoms in total. The van der Waals surface area contributed by atoms with Crippen molar-refractivity contribution in [3.63, 3.8) is 0 Å². The summed E-state index contributed by atoms with van der Waals surface area (Å²) in [5, 5.41) is 0. The summed E-state index contributed by atoms with van der Waals surface area (Å²) < 4.78 is 0. The molecule has 1 aliphatic heterocycles. The zero-order chi connectivity index (χ0) is 20.5. The van der Waals surface area contributed by atoms with E-state index in [4.69, 9.17) is 0 Å². The number of piperazine rings is 1. The number of nitrogens with one attached hydrogen (secondary N) is 2. The highest BCUT2D eigenvalue weighted by atomic mass is 16.2. The van der Waals surface area contributed by atoms with Crippen LogP contribution in [0.5, 0.6) is 0 Å². The van der Waals surface area contributed by atoms with Gasteiger partial charge in [-0.05, 0) is 23.6 Å². The van der Waals surface area contributed by atoms with E-state index >= 15 is 0 Å². The van der Waals surface area contributed by atoms with Crippen molar-refractivity contribution in [3.8, 4) is 0 Å². The topological polar surface area (TPSA) is 64.7 Å². The molecule has 1 atom stereocenters. The van der Waals surface area contributed by atoms with Gasteiger partial charge in [0.15, 0.2) is 0 Å². The average molecular weight is 395 g/mol. The fourth-order valence-electron chi connectivity index (χ4n) is 3.56. The van der Waals surface area contributed by atoms with Crippen molar-refractivity contribution in [2.45, 2.75) is 25.7 Å². The van der Waals surface area contributed by atoms with Gasteiger partial charge in [-0.1, -0.05) is 55.5 Å². The number of benzene rings is 2. The van der Waals surface area contributed by atoms with Crippen LogP contribution in [0.1, 0.15) is 31.2 Å². The van der Waals surface area contributed by atoms with Crippen molar-refractivity contribution in [3.05, 3.63) is 66.2 Å². The molecule has 3 rings (SSSR count). The summed E-state index contributed by atoms with van der Waals surface area (Å²) in [7, 11) is 0. The molecule has 0 aliphatic carbocycles. The normalized spacial score (nSPS) is 15.6. The van der Waals surface area contributed by atoms with Gasteiger partial charge in [-0.25, -0.2) is 0 Å². The number of carbonyl (C=O) groups is 2. The molecule has 1 aliphatic rings. The summed E-state index contributed by atoms with van der Waals surface area (Å²) in [4.78, 5) is 28.8. The van der Waals surface area contributed by atoms with Crippen LogP contribution in [0.3, 0.4) is 0 Å². The lowest BCUT2D eigenvalue weighted by molar-refractivity contribution is -0.129. The Bertz CT molecular complexity index is 774. The largest absolute Gasteiger partial charge is 0.369 e. The first-order valence-electron chi connectivity index (χ1n) is 10.3. The summed E-state index contributed by atoms with van der Waals surface area (Å²) >= 11 is 0. The number of para-hydroxylation sites is 1. The van der Waals surface area contributed by atoms with E-state index in [1.54, 1.807) is 0 Å². The molecule has 154 valence electrons. The maximum Gasteiger partial charge on any atom is 0.239 e. The summed E-state index contributed by atoms with van der Waals surface area (Å²) in [5.74, 6) is -0.226. The second kappa shape index (κ2) is 10.6. The molecule has 2 aromatic carbocycles. The van der Waals surface area contributed by atoms with Gasteiger partial charge in [-0.15, -0.1) is 0 Å². The van der Waals surface area contributed by atoms with Gasteiger partial charge in [-0.2, -0.15) is 0 Å². The fraction of sp³-hybridized carbons (Fsp3) is 0.391. The molecule has 1 saturated heterocycles. The zero-order valence-electron chi connectivity index (χ0n) is 17.0. The van der Waals surface area contributed by atoms with E-state index in [2.05, 4.69) is 44.9 Å². The molecule has 0 saturated carbocycles. The maximum absolute atomic E-state index is 12.1. The molecule has 2 amide bonds. The molecule has 1 fully saturated rings. The van der Waals surface area contributed by atoms with Gasteiger partial charge in [-0.3, -0.25) is 25.3 Å². The van der Waals surface area contributed by atoms with Crippen LogP contribution in [0.25, 0.3) is 0 Å². The Morgan fingerprint density at radius 2 is 1.45 bits per heavy atom. The number of hydrazine groups is 1. The summed E-state index contributed by atoms with van der Waals surface area (Å²) in [6.45, 7) is 6.49. The number of nitrogens with zero attached hydrogens (tertiary/aromatic N) is 2. The first-order chi connectivity index (χ1) is 14.1. The highest BCUT2D eigenvalue weighted by molar-refractivity contribution is 5.82. The quantitative estimate of drug-likeness (QED) is 0.709. The number of hydrogen-bond donors (Lipinski definition) is 2. The molecule has 29 heavy (non-hydrogen) atoms. The molecule has 2 aromatic rings. The predicted molar refractivity (Wildman–Crippen MR) is 115 cm³/mol. The first-order valence-corrected chi connectivity index (χ1v) is 10.3. The lowest BCUT2D eigenvalue weighted by atomic mass is 9.98. The molecule has 6 heteroatoms. The monoisotopic (exact) mass is 394 g/mol. The molecule has 0 aromatic heterocycles. The Morgan fingerprint density at radius 1 is 0.862 bits per heavy atom. The minimum atomic E-state index is -0.175. The highest BCUT2D eigenvalue weighted by Gasteiger charge is 2.18. The van der Waals surface area contributed by atoms with Gasteiger partial charge in [0.05, 0.1) is 0 Å². The third-order valence-corrected chi connectivity index (χ3v) is 5.35. The van der Waals surface area contributed by atoms with Crippen molar-refractivity contribution >= 4 is 17.5 Å². The van der Waals surface area contributed by atoms with Crippen LogP contribution in [0.2, 0.25) is 0 Å². The molecule has 0 radical (unpaired) electrons. The van der Waals surface area contributed by atoms with E-state index in [-0.39, 0.29) is 17.7 Å². The van der Waals surface area contributed by atoms with E-state index in [0.717, 1.165) is 31.7 Å². The summed E-state index contributed by atoms with van der Waals surface area (Å²) in [5.41, 5.74) is 7.43. The van der Waals surface area contributed by atoms with Gasteiger partial charge in [0.1, 0.15) is 0 Å². The van der Waals surface area contributed by atoms with Gasteiger partial charge in [0.2, 0.25) is 11.8 Å². The fourth-order valence-corrected chi connectivity index (χ4v) is 3.56. The molecule has 0 bridgehead atoms. The van der Waals surface area contributed by atoms with E-state index in [9.17, 15) is 9.59 Å². The molecule has 2 N–H and O–H groups in total. The number of hydrogen-bond acceptors (Lipinski definition) is 4. The van der Waals surface area contributed by atoms with Crippen LogP contribution < -0.4 is 15.8 Å². The molecule has 0 spiro atoms.